The first kappa shape index (κ1) is 20.3. The van der Waals surface area contributed by atoms with Crippen LogP contribution in [-0.4, -0.2) is 30.4 Å². The van der Waals surface area contributed by atoms with E-state index in [4.69, 9.17) is 0 Å². The van der Waals surface area contributed by atoms with E-state index in [1.807, 2.05) is 60.7 Å². The molecule has 0 fully saturated rings. The van der Waals surface area contributed by atoms with Gasteiger partial charge >= 0.3 is 0 Å². The lowest BCUT2D eigenvalue weighted by Crippen LogP contribution is -2.39. The molecule has 0 aliphatic rings. The summed E-state index contributed by atoms with van der Waals surface area (Å²) in [5, 5.41) is 8.54. The van der Waals surface area contributed by atoms with Crippen LogP contribution in [0.25, 0.3) is 5.82 Å². The highest BCUT2D eigenvalue weighted by molar-refractivity contribution is 5.80. The van der Waals surface area contributed by atoms with Gasteiger partial charge in [-0.15, -0.1) is 5.10 Å². The van der Waals surface area contributed by atoms with E-state index in [0.717, 1.165) is 11.1 Å². The van der Waals surface area contributed by atoms with Gasteiger partial charge in [0.25, 0.3) is 5.56 Å². The molecule has 1 atom stereocenters. The molecule has 2 aromatic carbocycles. The summed E-state index contributed by atoms with van der Waals surface area (Å²) in [5.41, 5.74) is 1.70. The maximum absolute atomic E-state index is 13.5. The highest BCUT2D eigenvalue weighted by Gasteiger charge is 2.24. The topological polar surface area (TPSA) is 73.0 Å². The van der Waals surface area contributed by atoms with Crippen molar-refractivity contribution in [1.82, 2.24) is 24.5 Å². The molecular formula is C24H23N5O2. The molecule has 0 saturated heterocycles. The molecular weight excluding hydrogens is 390 g/mol. The van der Waals surface area contributed by atoms with E-state index >= 15 is 0 Å². The molecule has 2 aromatic heterocycles. The predicted molar refractivity (Wildman–Crippen MR) is 117 cm³/mol. The summed E-state index contributed by atoms with van der Waals surface area (Å²) in [7, 11) is 0. The van der Waals surface area contributed by atoms with Crippen LogP contribution < -0.4 is 5.56 Å². The third kappa shape index (κ3) is 4.78. The summed E-state index contributed by atoms with van der Waals surface area (Å²) in [4.78, 5) is 27.8. The first-order valence-corrected chi connectivity index (χ1v) is 10.1. The van der Waals surface area contributed by atoms with Gasteiger partial charge < -0.3 is 4.90 Å². The Morgan fingerprint density at radius 2 is 1.52 bits per heavy atom. The molecule has 4 aromatic rings. The molecule has 0 bridgehead atoms. The second-order valence-electron chi connectivity index (χ2n) is 7.27. The fourth-order valence-electron chi connectivity index (χ4n) is 3.41. The zero-order valence-corrected chi connectivity index (χ0v) is 17.2. The smallest absolute Gasteiger partial charge is 0.267 e. The van der Waals surface area contributed by atoms with Crippen molar-refractivity contribution in [3.63, 3.8) is 0 Å². The van der Waals surface area contributed by atoms with Crippen molar-refractivity contribution in [2.45, 2.75) is 26.1 Å². The Bertz CT molecular complexity index is 1150. The molecule has 31 heavy (non-hydrogen) atoms. The lowest BCUT2D eigenvalue weighted by atomic mass is 10.1. The van der Waals surface area contributed by atoms with Gasteiger partial charge in [-0.2, -0.15) is 5.10 Å². The van der Waals surface area contributed by atoms with Crippen molar-refractivity contribution in [1.29, 1.82) is 0 Å². The summed E-state index contributed by atoms with van der Waals surface area (Å²) in [6.45, 7) is 2.57. The Morgan fingerprint density at radius 1 is 0.903 bits per heavy atom. The Labute approximate surface area is 180 Å². The van der Waals surface area contributed by atoms with E-state index < -0.39 is 6.04 Å². The second-order valence-corrected chi connectivity index (χ2v) is 7.27. The van der Waals surface area contributed by atoms with Crippen LogP contribution in [-0.2, 0) is 17.9 Å². The van der Waals surface area contributed by atoms with Crippen LogP contribution in [0.3, 0.4) is 0 Å². The van der Waals surface area contributed by atoms with Crippen molar-refractivity contribution < 1.29 is 4.79 Å². The Morgan fingerprint density at radius 3 is 2.06 bits per heavy atom. The molecule has 2 heterocycles. The van der Waals surface area contributed by atoms with Crippen molar-refractivity contribution >= 4 is 5.91 Å². The monoisotopic (exact) mass is 413 g/mol. The van der Waals surface area contributed by atoms with Crippen LogP contribution in [0.5, 0.6) is 0 Å². The third-order valence-electron chi connectivity index (χ3n) is 5.02. The molecule has 7 heteroatoms. The molecule has 0 aliphatic heterocycles. The number of benzene rings is 2. The molecule has 0 saturated carbocycles. The van der Waals surface area contributed by atoms with Gasteiger partial charge in [-0.1, -0.05) is 60.7 Å². The van der Waals surface area contributed by atoms with Crippen molar-refractivity contribution in [2.75, 3.05) is 0 Å². The van der Waals surface area contributed by atoms with Gasteiger partial charge in [0.15, 0.2) is 5.82 Å². The van der Waals surface area contributed by atoms with Crippen LogP contribution in [0, 0.1) is 0 Å². The predicted octanol–water partition coefficient (Wildman–Crippen LogP) is 3.22. The van der Waals surface area contributed by atoms with Gasteiger partial charge in [0.2, 0.25) is 5.91 Å². The molecule has 0 spiro atoms. The van der Waals surface area contributed by atoms with Crippen LogP contribution >= 0.6 is 0 Å². The van der Waals surface area contributed by atoms with Crippen LogP contribution in [0.15, 0.2) is 96.1 Å². The largest absolute Gasteiger partial charge is 0.332 e. The van der Waals surface area contributed by atoms with Gasteiger partial charge in [-0.3, -0.25) is 9.59 Å². The molecule has 0 aliphatic carbocycles. The normalized spacial score (nSPS) is 11.8. The summed E-state index contributed by atoms with van der Waals surface area (Å²) in [6.07, 6.45) is 3.37. The molecule has 1 unspecified atom stereocenters. The number of carbonyl (C=O) groups excluding carboxylic acids is 1. The minimum absolute atomic E-state index is 0.181. The maximum atomic E-state index is 13.5. The SMILES string of the molecule is CC(C(=O)N(Cc1ccccc1)Cc1ccccc1)n1nc(-n2cccn2)ccc1=O. The van der Waals surface area contributed by atoms with E-state index in [0.29, 0.717) is 18.9 Å². The molecule has 1 amide bonds. The minimum Gasteiger partial charge on any atom is -0.332 e. The average molecular weight is 413 g/mol. The minimum atomic E-state index is -0.768. The quantitative estimate of drug-likeness (QED) is 0.466. The number of hydrogen-bond acceptors (Lipinski definition) is 4. The highest BCUT2D eigenvalue weighted by Crippen LogP contribution is 2.16. The standard InChI is InChI=1S/C24H23N5O2/c1-19(29-23(30)14-13-22(26-29)28-16-8-15-25-28)24(31)27(17-20-9-4-2-5-10-20)18-21-11-6-3-7-12-21/h2-16,19H,17-18H2,1H3. The molecule has 0 N–H and O–H groups in total. The lowest BCUT2D eigenvalue weighted by Gasteiger charge is -2.26. The van der Waals surface area contributed by atoms with Gasteiger partial charge in [-0.25, -0.2) is 9.36 Å². The van der Waals surface area contributed by atoms with E-state index in [2.05, 4.69) is 10.2 Å². The van der Waals surface area contributed by atoms with Gasteiger partial charge in [0, 0.05) is 31.5 Å². The van der Waals surface area contributed by atoms with Crippen LogP contribution in [0.1, 0.15) is 24.1 Å². The zero-order chi connectivity index (χ0) is 21.6. The Balaban J connectivity index is 1.64. The summed E-state index contributed by atoms with van der Waals surface area (Å²) in [6, 6.07) is 23.6. The highest BCUT2D eigenvalue weighted by atomic mass is 16.2. The molecule has 7 nitrogen and oxygen atoms in total. The first-order chi connectivity index (χ1) is 15.1. The van der Waals surface area contributed by atoms with E-state index in [9.17, 15) is 9.59 Å². The number of aromatic nitrogens is 4. The van der Waals surface area contributed by atoms with Crippen molar-refractivity contribution in [3.05, 3.63) is 113 Å². The Hall–Kier alpha value is -4.00. The summed E-state index contributed by atoms with van der Waals surface area (Å²) < 4.78 is 2.78. The fraction of sp³-hybridized carbons (Fsp3) is 0.167. The van der Waals surface area contributed by atoms with Crippen molar-refractivity contribution in [3.8, 4) is 5.82 Å². The molecule has 4 rings (SSSR count). The zero-order valence-electron chi connectivity index (χ0n) is 17.2. The molecule has 0 radical (unpaired) electrons. The third-order valence-corrected chi connectivity index (χ3v) is 5.02. The Kier molecular flexibility index (Phi) is 6.03. The van der Waals surface area contributed by atoms with Gasteiger partial charge in [-0.05, 0) is 30.2 Å². The molecule has 156 valence electrons. The number of nitrogens with zero attached hydrogens (tertiary/aromatic N) is 5. The van der Waals surface area contributed by atoms with Crippen LogP contribution in [0.4, 0.5) is 0 Å². The van der Waals surface area contributed by atoms with E-state index in [1.54, 1.807) is 41.0 Å². The van der Waals surface area contributed by atoms with Crippen LogP contribution in [0.2, 0.25) is 0 Å². The van der Waals surface area contributed by atoms with E-state index in [1.165, 1.54) is 10.7 Å². The number of amides is 1. The summed E-state index contributed by atoms with van der Waals surface area (Å²) in [5.74, 6) is 0.293. The maximum Gasteiger partial charge on any atom is 0.267 e. The summed E-state index contributed by atoms with van der Waals surface area (Å²) >= 11 is 0. The number of hydrogen-bond donors (Lipinski definition) is 0. The lowest BCUT2D eigenvalue weighted by molar-refractivity contribution is -0.136. The number of carbonyl (C=O) groups is 1. The second kappa shape index (κ2) is 9.21. The van der Waals surface area contributed by atoms with Gasteiger partial charge in [0.1, 0.15) is 6.04 Å². The van der Waals surface area contributed by atoms with E-state index in [-0.39, 0.29) is 11.5 Å². The van der Waals surface area contributed by atoms with Crippen molar-refractivity contribution in [2.24, 2.45) is 0 Å². The number of rotatable bonds is 7. The first-order valence-electron chi connectivity index (χ1n) is 10.1. The average Bonchev–Trinajstić information content (AvgIpc) is 3.34. The van der Waals surface area contributed by atoms with Gasteiger partial charge in [0.05, 0.1) is 0 Å². The fourth-order valence-corrected chi connectivity index (χ4v) is 3.41.